The average Bonchev–Trinajstić information content (AvgIpc) is 2.47. The monoisotopic (exact) mass is 279 g/mol. The first-order chi connectivity index (χ1) is 9.64. The van der Waals surface area contributed by atoms with Gasteiger partial charge in [0.15, 0.2) is 0 Å². The van der Waals surface area contributed by atoms with E-state index in [1.807, 2.05) is 18.2 Å². The molecule has 0 amide bonds. The predicted molar refractivity (Wildman–Crippen MR) is 74.5 cm³/mol. The zero-order chi connectivity index (χ0) is 14.4. The topological polar surface area (TPSA) is 67.8 Å². The Hall–Kier alpha value is -1.43. The average molecular weight is 279 g/mol. The van der Waals surface area contributed by atoms with Gasteiger partial charge >= 0.3 is 5.97 Å². The van der Waals surface area contributed by atoms with Crippen LogP contribution in [-0.4, -0.2) is 43.5 Å². The van der Waals surface area contributed by atoms with Gasteiger partial charge in [-0.15, -0.1) is 0 Å². The molecule has 0 bridgehead atoms. The molecule has 1 aromatic carbocycles. The molecular formula is C15H21NO4. The molecular weight excluding hydrogens is 258 g/mol. The fraction of sp³-hybridized carbons (Fsp3) is 0.533. The fourth-order valence-electron chi connectivity index (χ4n) is 2.34. The lowest BCUT2D eigenvalue weighted by Crippen LogP contribution is -2.44. The summed E-state index contributed by atoms with van der Waals surface area (Å²) in [5, 5.41) is 13.6. The molecule has 0 aliphatic carbocycles. The van der Waals surface area contributed by atoms with Gasteiger partial charge in [0.05, 0.1) is 18.3 Å². The van der Waals surface area contributed by atoms with Crippen LogP contribution in [0.15, 0.2) is 24.3 Å². The zero-order valence-electron chi connectivity index (χ0n) is 11.7. The number of hydrogen-bond acceptors (Lipinski definition) is 5. The number of esters is 1. The van der Waals surface area contributed by atoms with Crippen LogP contribution >= 0.6 is 0 Å². The minimum absolute atomic E-state index is 0.341. The SMILES string of the molecule is COC(=O)c1ccccc1CNCC1(O)CCOCC1. The van der Waals surface area contributed by atoms with Gasteiger partial charge in [0.2, 0.25) is 0 Å². The van der Waals surface area contributed by atoms with E-state index in [4.69, 9.17) is 9.47 Å². The molecule has 0 atom stereocenters. The van der Waals surface area contributed by atoms with Gasteiger partial charge in [0.25, 0.3) is 0 Å². The van der Waals surface area contributed by atoms with Crippen LogP contribution in [0.1, 0.15) is 28.8 Å². The van der Waals surface area contributed by atoms with Gasteiger partial charge in [0, 0.05) is 39.1 Å². The molecule has 1 aliphatic rings. The highest BCUT2D eigenvalue weighted by molar-refractivity contribution is 5.90. The summed E-state index contributed by atoms with van der Waals surface area (Å²) in [5.41, 5.74) is 0.717. The van der Waals surface area contributed by atoms with Gasteiger partial charge in [-0.05, 0) is 11.6 Å². The molecule has 1 fully saturated rings. The van der Waals surface area contributed by atoms with Crippen molar-refractivity contribution in [3.05, 3.63) is 35.4 Å². The highest BCUT2D eigenvalue weighted by atomic mass is 16.5. The van der Waals surface area contributed by atoms with Crippen LogP contribution in [0.5, 0.6) is 0 Å². The first kappa shape index (κ1) is 15.0. The second-order valence-electron chi connectivity index (χ2n) is 5.09. The number of methoxy groups -OCH3 is 1. The molecule has 2 rings (SSSR count). The van der Waals surface area contributed by atoms with E-state index in [1.54, 1.807) is 6.07 Å². The molecule has 1 saturated heterocycles. The number of hydrogen-bond donors (Lipinski definition) is 2. The van der Waals surface area contributed by atoms with Crippen LogP contribution in [0, 0.1) is 0 Å². The summed E-state index contributed by atoms with van der Waals surface area (Å²) in [7, 11) is 1.37. The zero-order valence-corrected chi connectivity index (χ0v) is 11.7. The number of aliphatic hydroxyl groups is 1. The lowest BCUT2D eigenvalue weighted by atomic mass is 9.94. The van der Waals surface area contributed by atoms with Crippen molar-refractivity contribution in [1.82, 2.24) is 5.32 Å². The van der Waals surface area contributed by atoms with Gasteiger partial charge in [-0.1, -0.05) is 18.2 Å². The van der Waals surface area contributed by atoms with Crippen molar-refractivity contribution in [2.45, 2.75) is 25.0 Å². The van der Waals surface area contributed by atoms with E-state index in [0.29, 0.717) is 44.7 Å². The third kappa shape index (κ3) is 3.79. The standard InChI is InChI=1S/C15H21NO4/c1-19-14(17)13-5-3-2-4-12(13)10-16-11-15(18)6-8-20-9-7-15/h2-5,16,18H,6-11H2,1H3. The van der Waals surface area contributed by atoms with Gasteiger partial charge in [-0.2, -0.15) is 0 Å². The molecule has 0 radical (unpaired) electrons. The largest absolute Gasteiger partial charge is 0.465 e. The molecule has 1 aromatic rings. The Morgan fingerprint density at radius 3 is 2.80 bits per heavy atom. The summed E-state index contributed by atoms with van der Waals surface area (Å²) in [5.74, 6) is -0.341. The molecule has 0 spiro atoms. The molecule has 5 nitrogen and oxygen atoms in total. The third-order valence-electron chi connectivity index (χ3n) is 3.62. The number of benzene rings is 1. The smallest absolute Gasteiger partial charge is 0.338 e. The lowest BCUT2D eigenvalue weighted by Gasteiger charge is -2.32. The van der Waals surface area contributed by atoms with E-state index in [2.05, 4.69) is 5.32 Å². The summed E-state index contributed by atoms with van der Waals surface area (Å²) in [6.07, 6.45) is 1.28. The highest BCUT2D eigenvalue weighted by Gasteiger charge is 2.29. The van der Waals surface area contributed by atoms with Crippen molar-refractivity contribution in [1.29, 1.82) is 0 Å². The molecule has 0 saturated carbocycles. The number of carbonyl (C=O) groups is 1. The van der Waals surface area contributed by atoms with Gasteiger partial charge in [0.1, 0.15) is 0 Å². The summed E-state index contributed by atoms with van der Waals surface area (Å²) >= 11 is 0. The Morgan fingerprint density at radius 1 is 1.40 bits per heavy atom. The van der Waals surface area contributed by atoms with Crippen LogP contribution in [0.4, 0.5) is 0 Å². The van der Waals surface area contributed by atoms with Crippen molar-refractivity contribution in [2.75, 3.05) is 26.9 Å². The van der Waals surface area contributed by atoms with Crippen LogP contribution in [0.3, 0.4) is 0 Å². The summed E-state index contributed by atoms with van der Waals surface area (Å²) < 4.78 is 10.0. The molecule has 5 heteroatoms. The molecule has 1 aliphatic heterocycles. The molecule has 110 valence electrons. The molecule has 1 heterocycles. The maximum Gasteiger partial charge on any atom is 0.338 e. The van der Waals surface area contributed by atoms with E-state index in [-0.39, 0.29) is 5.97 Å². The van der Waals surface area contributed by atoms with Crippen LogP contribution in [0.2, 0.25) is 0 Å². The lowest BCUT2D eigenvalue weighted by molar-refractivity contribution is -0.0617. The van der Waals surface area contributed by atoms with Gasteiger partial charge in [-0.3, -0.25) is 0 Å². The van der Waals surface area contributed by atoms with E-state index < -0.39 is 5.60 Å². The van der Waals surface area contributed by atoms with Crippen molar-refractivity contribution < 1.29 is 19.4 Å². The maximum absolute atomic E-state index is 11.6. The van der Waals surface area contributed by atoms with Crippen molar-refractivity contribution in [3.63, 3.8) is 0 Å². The quantitative estimate of drug-likeness (QED) is 0.790. The Kier molecular flexibility index (Phi) is 5.11. The number of nitrogens with one attached hydrogen (secondary N) is 1. The highest BCUT2D eigenvalue weighted by Crippen LogP contribution is 2.19. The van der Waals surface area contributed by atoms with E-state index in [9.17, 15) is 9.90 Å². The van der Waals surface area contributed by atoms with E-state index in [0.717, 1.165) is 5.56 Å². The second kappa shape index (κ2) is 6.83. The second-order valence-corrected chi connectivity index (χ2v) is 5.09. The Balaban J connectivity index is 1.92. The van der Waals surface area contributed by atoms with Crippen LogP contribution < -0.4 is 5.32 Å². The number of rotatable bonds is 5. The van der Waals surface area contributed by atoms with E-state index in [1.165, 1.54) is 7.11 Å². The molecule has 20 heavy (non-hydrogen) atoms. The molecule has 2 N–H and O–H groups in total. The van der Waals surface area contributed by atoms with Crippen LogP contribution in [0.25, 0.3) is 0 Å². The summed E-state index contributed by atoms with van der Waals surface area (Å²) in [6, 6.07) is 7.31. The van der Waals surface area contributed by atoms with E-state index >= 15 is 0 Å². The first-order valence-corrected chi connectivity index (χ1v) is 6.82. The molecule has 0 unspecified atom stereocenters. The third-order valence-corrected chi connectivity index (χ3v) is 3.62. The maximum atomic E-state index is 11.6. The summed E-state index contributed by atoms with van der Waals surface area (Å²) in [4.78, 5) is 11.6. The van der Waals surface area contributed by atoms with Crippen LogP contribution in [-0.2, 0) is 16.0 Å². The number of ether oxygens (including phenoxy) is 2. The first-order valence-electron chi connectivity index (χ1n) is 6.82. The molecule has 0 aromatic heterocycles. The minimum Gasteiger partial charge on any atom is -0.465 e. The normalized spacial score (nSPS) is 17.7. The summed E-state index contributed by atoms with van der Waals surface area (Å²) in [6.45, 7) is 2.20. The van der Waals surface area contributed by atoms with Gasteiger partial charge < -0.3 is 19.9 Å². The minimum atomic E-state index is -0.710. The Morgan fingerprint density at radius 2 is 2.10 bits per heavy atom. The fourth-order valence-corrected chi connectivity index (χ4v) is 2.34. The Bertz CT molecular complexity index is 455. The van der Waals surface area contributed by atoms with Crippen molar-refractivity contribution in [2.24, 2.45) is 0 Å². The number of carbonyl (C=O) groups excluding carboxylic acids is 1. The van der Waals surface area contributed by atoms with Crippen molar-refractivity contribution in [3.8, 4) is 0 Å². The van der Waals surface area contributed by atoms with Crippen molar-refractivity contribution >= 4 is 5.97 Å². The Labute approximate surface area is 118 Å². The predicted octanol–water partition coefficient (Wildman–Crippen LogP) is 1.10. The van der Waals surface area contributed by atoms with Gasteiger partial charge in [-0.25, -0.2) is 4.79 Å².